The predicted octanol–water partition coefficient (Wildman–Crippen LogP) is 4.02. The molecule has 0 atom stereocenters. The molecule has 2 nitrogen and oxygen atoms in total. The van der Waals surface area contributed by atoms with Crippen molar-refractivity contribution in [3.05, 3.63) is 42.2 Å². The summed E-state index contributed by atoms with van der Waals surface area (Å²) < 4.78 is 5.55. The van der Waals surface area contributed by atoms with Gasteiger partial charge < -0.3 is 10.1 Å². The Morgan fingerprint density at radius 3 is 2.47 bits per heavy atom. The van der Waals surface area contributed by atoms with Crippen molar-refractivity contribution in [1.29, 1.82) is 0 Å². The lowest BCUT2D eigenvalue weighted by atomic mass is 9.72. The maximum Gasteiger partial charge on any atom is 0.130 e. The van der Waals surface area contributed by atoms with E-state index >= 15 is 0 Å². The molecule has 0 unspecified atom stereocenters. The van der Waals surface area contributed by atoms with E-state index in [9.17, 15) is 0 Å². The second kappa shape index (κ2) is 6.76. The van der Waals surface area contributed by atoms with Gasteiger partial charge in [-0.05, 0) is 38.1 Å². The third kappa shape index (κ3) is 3.19. The lowest BCUT2D eigenvalue weighted by molar-refractivity contribution is 0.333. The molecular formula is C17H25NO. The fraction of sp³-hybridized carbons (Fsp3) is 0.529. The number of ether oxygens (including phenoxy) is 1. The second-order valence-corrected chi connectivity index (χ2v) is 5.32. The Morgan fingerprint density at radius 2 is 1.79 bits per heavy atom. The van der Waals surface area contributed by atoms with E-state index in [1.54, 1.807) is 0 Å². The molecule has 0 bridgehead atoms. The Balaban J connectivity index is 0.000000297. The first-order valence-electron chi connectivity index (χ1n) is 7.47. The van der Waals surface area contributed by atoms with Gasteiger partial charge in [0.05, 0.1) is 6.26 Å². The zero-order valence-electron chi connectivity index (χ0n) is 12.1. The zero-order valence-corrected chi connectivity index (χ0v) is 12.1. The first kappa shape index (κ1) is 14.1. The van der Waals surface area contributed by atoms with E-state index in [0.29, 0.717) is 0 Å². The van der Waals surface area contributed by atoms with Gasteiger partial charge in [-0.2, -0.15) is 0 Å². The highest BCUT2D eigenvalue weighted by Gasteiger charge is 2.35. The SMILES string of the molecule is C1=CC2(CCNCC2)c2ccccc2O1.CCCC. The number of piperidine rings is 1. The molecule has 2 heteroatoms. The molecule has 104 valence electrons. The van der Waals surface area contributed by atoms with Crippen molar-refractivity contribution in [3.8, 4) is 5.75 Å². The van der Waals surface area contributed by atoms with Gasteiger partial charge in [0, 0.05) is 11.0 Å². The van der Waals surface area contributed by atoms with Gasteiger partial charge in [-0.3, -0.25) is 0 Å². The molecular weight excluding hydrogens is 234 g/mol. The molecule has 1 saturated heterocycles. The molecule has 1 aromatic carbocycles. The zero-order chi connectivity index (χ0) is 13.6. The van der Waals surface area contributed by atoms with Crippen LogP contribution in [0.3, 0.4) is 0 Å². The minimum atomic E-state index is 0.222. The van der Waals surface area contributed by atoms with E-state index in [-0.39, 0.29) is 5.41 Å². The van der Waals surface area contributed by atoms with E-state index < -0.39 is 0 Å². The van der Waals surface area contributed by atoms with Crippen molar-refractivity contribution in [3.63, 3.8) is 0 Å². The van der Waals surface area contributed by atoms with Crippen LogP contribution in [0.1, 0.15) is 45.1 Å². The molecule has 0 saturated carbocycles. The summed E-state index contributed by atoms with van der Waals surface area (Å²) in [6.45, 7) is 6.55. The Hall–Kier alpha value is -1.28. The van der Waals surface area contributed by atoms with Crippen LogP contribution in [0, 0.1) is 0 Å². The van der Waals surface area contributed by atoms with Gasteiger partial charge in [0.2, 0.25) is 0 Å². The van der Waals surface area contributed by atoms with Gasteiger partial charge in [-0.25, -0.2) is 0 Å². The summed E-state index contributed by atoms with van der Waals surface area (Å²) in [7, 11) is 0. The van der Waals surface area contributed by atoms with Gasteiger partial charge in [0.1, 0.15) is 5.75 Å². The summed E-state index contributed by atoms with van der Waals surface area (Å²) in [5.74, 6) is 1.03. The van der Waals surface area contributed by atoms with E-state index in [1.807, 2.05) is 12.3 Å². The van der Waals surface area contributed by atoms with Gasteiger partial charge >= 0.3 is 0 Å². The van der Waals surface area contributed by atoms with Crippen LogP contribution < -0.4 is 10.1 Å². The number of para-hydroxylation sites is 1. The smallest absolute Gasteiger partial charge is 0.130 e. The monoisotopic (exact) mass is 259 g/mol. The summed E-state index contributed by atoms with van der Waals surface area (Å²) in [6, 6.07) is 8.39. The Kier molecular flexibility index (Phi) is 5.03. The van der Waals surface area contributed by atoms with Crippen LogP contribution in [-0.2, 0) is 5.41 Å². The quantitative estimate of drug-likeness (QED) is 0.822. The van der Waals surface area contributed by atoms with Crippen molar-refractivity contribution in [2.24, 2.45) is 0 Å². The molecule has 1 fully saturated rings. The predicted molar refractivity (Wildman–Crippen MR) is 80.6 cm³/mol. The lowest BCUT2D eigenvalue weighted by Gasteiger charge is -2.38. The molecule has 0 radical (unpaired) electrons. The number of nitrogens with one attached hydrogen (secondary N) is 1. The van der Waals surface area contributed by atoms with Crippen LogP contribution in [0.15, 0.2) is 36.6 Å². The molecule has 3 rings (SSSR count). The second-order valence-electron chi connectivity index (χ2n) is 5.32. The lowest BCUT2D eigenvalue weighted by Crippen LogP contribution is -2.39. The molecule has 2 aliphatic heterocycles. The largest absolute Gasteiger partial charge is 0.465 e. The normalized spacial score (nSPS) is 19.1. The maximum atomic E-state index is 5.55. The highest BCUT2D eigenvalue weighted by atomic mass is 16.5. The molecule has 0 amide bonds. The summed E-state index contributed by atoms with van der Waals surface area (Å²) in [4.78, 5) is 0. The molecule has 19 heavy (non-hydrogen) atoms. The maximum absolute atomic E-state index is 5.55. The minimum Gasteiger partial charge on any atom is -0.465 e. The summed E-state index contributed by atoms with van der Waals surface area (Å²) >= 11 is 0. The fourth-order valence-corrected chi connectivity index (χ4v) is 2.62. The Bertz CT molecular complexity index is 417. The van der Waals surface area contributed by atoms with E-state index in [2.05, 4.69) is 43.4 Å². The highest BCUT2D eigenvalue weighted by molar-refractivity contribution is 5.45. The Labute approximate surface area is 116 Å². The molecule has 2 heterocycles. The first-order chi connectivity index (χ1) is 9.32. The van der Waals surface area contributed by atoms with Crippen molar-refractivity contribution in [1.82, 2.24) is 5.32 Å². The van der Waals surface area contributed by atoms with Gasteiger partial charge in [0.25, 0.3) is 0 Å². The molecule has 1 spiro atoms. The number of unbranched alkanes of at least 4 members (excludes halogenated alkanes) is 1. The average molecular weight is 259 g/mol. The summed E-state index contributed by atoms with van der Waals surface area (Å²) in [5.41, 5.74) is 1.58. The van der Waals surface area contributed by atoms with Crippen molar-refractivity contribution >= 4 is 0 Å². The fourth-order valence-electron chi connectivity index (χ4n) is 2.62. The molecule has 0 aliphatic carbocycles. The van der Waals surface area contributed by atoms with Crippen molar-refractivity contribution < 1.29 is 4.74 Å². The van der Waals surface area contributed by atoms with Crippen LogP contribution in [0.4, 0.5) is 0 Å². The van der Waals surface area contributed by atoms with Crippen LogP contribution in [-0.4, -0.2) is 13.1 Å². The number of fused-ring (bicyclic) bond motifs is 2. The highest BCUT2D eigenvalue weighted by Crippen LogP contribution is 2.42. The first-order valence-corrected chi connectivity index (χ1v) is 7.47. The van der Waals surface area contributed by atoms with Crippen molar-refractivity contribution in [2.75, 3.05) is 13.1 Å². The summed E-state index contributed by atoms with van der Waals surface area (Å²) in [5, 5.41) is 3.41. The molecule has 1 N–H and O–H groups in total. The van der Waals surface area contributed by atoms with Gasteiger partial charge in [-0.1, -0.05) is 44.9 Å². The van der Waals surface area contributed by atoms with Gasteiger partial charge in [-0.15, -0.1) is 0 Å². The number of allylic oxidation sites excluding steroid dienone is 1. The number of benzene rings is 1. The van der Waals surface area contributed by atoms with Crippen molar-refractivity contribution in [2.45, 2.75) is 44.9 Å². The van der Waals surface area contributed by atoms with Crippen LogP contribution in [0.2, 0.25) is 0 Å². The topological polar surface area (TPSA) is 21.3 Å². The number of rotatable bonds is 1. The molecule has 1 aromatic rings. The standard InChI is InChI=1S/C13H15NO.C4H10/c1-2-4-12-11(3-1)13(7-10-15-12)5-8-14-9-6-13;1-3-4-2/h1-4,7,10,14H,5-6,8-9H2;3-4H2,1-2H3. The van der Waals surface area contributed by atoms with Crippen LogP contribution in [0.25, 0.3) is 0 Å². The van der Waals surface area contributed by atoms with Crippen LogP contribution in [0.5, 0.6) is 5.75 Å². The molecule has 0 aromatic heterocycles. The average Bonchev–Trinajstić information content (AvgIpc) is 2.49. The Morgan fingerprint density at radius 1 is 1.11 bits per heavy atom. The third-order valence-electron chi connectivity index (χ3n) is 4.00. The number of hydrogen-bond acceptors (Lipinski definition) is 2. The van der Waals surface area contributed by atoms with Gasteiger partial charge in [0.15, 0.2) is 0 Å². The van der Waals surface area contributed by atoms with E-state index in [4.69, 9.17) is 4.74 Å². The van der Waals surface area contributed by atoms with E-state index in [1.165, 1.54) is 31.2 Å². The minimum absolute atomic E-state index is 0.222. The number of hydrogen-bond donors (Lipinski definition) is 1. The van der Waals surface area contributed by atoms with E-state index in [0.717, 1.165) is 18.8 Å². The van der Waals surface area contributed by atoms with Crippen LogP contribution >= 0.6 is 0 Å². The third-order valence-corrected chi connectivity index (χ3v) is 4.00. The molecule has 2 aliphatic rings. The summed E-state index contributed by atoms with van der Waals surface area (Å²) in [6.07, 6.45) is 9.07.